The van der Waals surface area contributed by atoms with Crippen LogP contribution in [0.15, 0.2) is 0 Å². The van der Waals surface area contributed by atoms with Gasteiger partial charge in [0.2, 0.25) is 5.91 Å². The third-order valence-electron chi connectivity index (χ3n) is 5.17. The van der Waals surface area contributed by atoms with Crippen LogP contribution < -0.4 is 5.73 Å². The van der Waals surface area contributed by atoms with E-state index < -0.39 is 0 Å². The molecule has 0 aromatic heterocycles. The van der Waals surface area contributed by atoms with Gasteiger partial charge in [0, 0.05) is 44.7 Å². The quantitative estimate of drug-likeness (QED) is 0.753. The van der Waals surface area contributed by atoms with Gasteiger partial charge in [-0.05, 0) is 45.8 Å². The second-order valence-corrected chi connectivity index (χ2v) is 6.55. The van der Waals surface area contributed by atoms with Crippen molar-refractivity contribution < 1.29 is 4.79 Å². The molecule has 0 aromatic rings. The van der Waals surface area contributed by atoms with Crippen LogP contribution in [0.1, 0.15) is 39.0 Å². The number of rotatable bonds is 7. The number of likely N-dealkylation sites (N-methyl/N-ethyl adjacent to an activating group) is 2. The molecule has 21 heavy (non-hydrogen) atoms. The SMILES string of the molecule is CCN1CCCC1CN(C)C(CN)CC(=O)N1CCCC1. The molecule has 2 unspecified atom stereocenters. The summed E-state index contributed by atoms with van der Waals surface area (Å²) in [7, 11) is 2.13. The summed E-state index contributed by atoms with van der Waals surface area (Å²) in [6.07, 6.45) is 5.46. The van der Waals surface area contributed by atoms with E-state index in [2.05, 4.69) is 23.8 Å². The van der Waals surface area contributed by atoms with Crippen LogP contribution in [0.3, 0.4) is 0 Å². The second kappa shape index (κ2) is 8.11. The van der Waals surface area contributed by atoms with Crippen molar-refractivity contribution in [3.8, 4) is 0 Å². The Kier molecular flexibility index (Phi) is 6.45. The maximum atomic E-state index is 12.3. The van der Waals surface area contributed by atoms with Gasteiger partial charge in [0.05, 0.1) is 0 Å². The lowest BCUT2D eigenvalue weighted by Gasteiger charge is -2.33. The first kappa shape index (κ1) is 16.7. The van der Waals surface area contributed by atoms with Crippen LogP contribution in [-0.2, 0) is 4.79 Å². The minimum absolute atomic E-state index is 0.178. The van der Waals surface area contributed by atoms with Crippen molar-refractivity contribution in [2.45, 2.75) is 51.1 Å². The van der Waals surface area contributed by atoms with E-state index in [0.29, 0.717) is 19.0 Å². The lowest BCUT2D eigenvalue weighted by molar-refractivity contribution is -0.131. The van der Waals surface area contributed by atoms with Gasteiger partial charge < -0.3 is 15.5 Å². The Morgan fingerprint density at radius 3 is 2.62 bits per heavy atom. The number of likely N-dealkylation sites (tertiary alicyclic amines) is 2. The summed E-state index contributed by atoms with van der Waals surface area (Å²) in [5, 5.41) is 0. The minimum Gasteiger partial charge on any atom is -0.343 e. The van der Waals surface area contributed by atoms with E-state index in [0.717, 1.165) is 39.0 Å². The number of carbonyl (C=O) groups excluding carboxylic acids is 1. The van der Waals surface area contributed by atoms with Gasteiger partial charge in [0.1, 0.15) is 0 Å². The lowest BCUT2D eigenvalue weighted by atomic mass is 10.1. The van der Waals surface area contributed by atoms with Gasteiger partial charge in [-0.25, -0.2) is 0 Å². The Morgan fingerprint density at radius 2 is 2.00 bits per heavy atom. The molecule has 0 bridgehead atoms. The number of hydrogen-bond acceptors (Lipinski definition) is 4. The molecule has 0 aliphatic carbocycles. The molecule has 2 atom stereocenters. The molecule has 2 fully saturated rings. The number of nitrogens with zero attached hydrogens (tertiary/aromatic N) is 3. The fraction of sp³-hybridized carbons (Fsp3) is 0.938. The van der Waals surface area contributed by atoms with Crippen molar-refractivity contribution in [1.29, 1.82) is 0 Å². The average molecular weight is 296 g/mol. The Morgan fingerprint density at radius 1 is 1.29 bits per heavy atom. The molecule has 5 heteroatoms. The first-order valence-electron chi connectivity index (χ1n) is 8.57. The molecule has 1 amide bonds. The van der Waals surface area contributed by atoms with Gasteiger partial charge in [-0.2, -0.15) is 0 Å². The molecule has 0 aromatic carbocycles. The van der Waals surface area contributed by atoms with Crippen LogP contribution in [0.5, 0.6) is 0 Å². The highest BCUT2D eigenvalue weighted by molar-refractivity contribution is 5.77. The summed E-state index contributed by atoms with van der Waals surface area (Å²) >= 11 is 0. The summed E-state index contributed by atoms with van der Waals surface area (Å²) in [6, 6.07) is 0.813. The van der Waals surface area contributed by atoms with Gasteiger partial charge in [-0.3, -0.25) is 9.69 Å². The highest BCUT2D eigenvalue weighted by atomic mass is 16.2. The number of amides is 1. The summed E-state index contributed by atoms with van der Waals surface area (Å²) < 4.78 is 0. The third kappa shape index (κ3) is 4.41. The second-order valence-electron chi connectivity index (χ2n) is 6.55. The Bertz CT molecular complexity index is 330. The van der Waals surface area contributed by atoms with E-state index in [1.54, 1.807) is 0 Å². The zero-order chi connectivity index (χ0) is 15.2. The van der Waals surface area contributed by atoms with Gasteiger partial charge in [0.25, 0.3) is 0 Å². The van der Waals surface area contributed by atoms with E-state index in [9.17, 15) is 4.79 Å². The molecular formula is C16H32N4O. The van der Waals surface area contributed by atoms with Crippen molar-refractivity contribution >= 4 is 5.91 Å². The van der Waals surface area contributed by atoms with Crippen LogP contribution >= 0.6 is 0 Å². The molecule has 122 valence electrons. The van der Waals surface area contributed by atoms with Crippen LogP contribution in [-0.4, -0.2) is 79.0 Å². The van der Waals surface area contributed by atoms with E-state index in [1.165, 1.54) is 19.4 Å². The maximum absolute atomic E-state index is 12.3. The largest absolute Gasteiger partial charge is 0.343 e. The third-order valence-corrected chi connectivity index (χ3v) is 5.17. The van der Waals surface area contributed by atoms with Crippen LogP contribution in [0.25, 0.3) is 0 Å². The zero-order valence-electron chi connectivity index (χ0n) is 13.8. The molecular weight excluding hydrogens is 264 g/mol. The first-order valence-corrected chi connectivity index (χ1v) is 8.57. The lowest BCUT2D eigenvalue weighted by Crippen LogP contribution is -2.47. The van der Waals surface area contributed by atoms with Crippen molar-refractivity contribution in [3.63, 3.8) is 0 Å². The van der Waals surface area contributed by atoms with Crippen molar-refractivity contribution in [2.75, 3.05) is 46.3 Å². The molecule has 0 radical (unpaired) electrons. The van der Waals surface area contributed by atoms with E-state index >= 15 is 0 Å². The molecule has 0 spiro atoms. The Hall–Kier alpha value is -0.650. The fourth-order valence-electron chi connectivity index (χ4n) is 3.72. The zero-order valence-corrected chi connectivity index (χ0v) is 13.8. The predicted octanol–water partition coefficient (Wildman–Crippen LogP) is 0.742. The Labute approximate surface area is 129 Å². The highest BCUT2D eigenvalue weighted by Gasteiger charge is 2.28. The summed E-state index contributed by atoms with van der Waals surface area (Å²) in [4.78, 5) is 19.2. The number of hydrogen-bond donors (Lipinski definition) is 1. The molecule has 2 N–H and O–H groups in total. The molecule has 2 heterocycles. The van der Waals surface area contributed by atoms with Crippen molar-refractivity contribution in [1.82, 2.24) is 14.7 Å². The van der Waals surface area contributed by atoms with E-state index in [-0.39, 0.29) is 11.9 Å². The standard InChI is InChI=1S/C16H32N4O/c1-3-19-10-6-7-14(19)13-18(2)15(12-17)11-16(21)20-8-4-5-9-20/h14-15H,3-13,17H2,1-2H3. The minimum atomic E-state index is 0.178. The van der Waals surface area contributed by atoms with Crippen molar-refractivity contribution in [2.24, 2.45) is 5.73 Å². The Balaban J connectivity index is 1.82. The smallest absolute Gasteiger partial charge is 0.224 e. The normalized spacial score (nSPS) is 25.0. The number of nitrogens with two attached hydrogens (primary N) is 1. The predicted molar refractivity (Wildman–Crippen MR) is 86.2 cm³/mol. The number of carbonyl (C=O) groups is 1. The van der Waals surface area contributed by atoms with E-state index in [1.807, 2.05) is 4.90 Å². The van der Waals surface area contributed by atoms with E-state index in [4.69, 9.17) is 5.73 Å². The molecule has 0 saturated carbocycles. The molecule has 2 aliphatic heterocycles. The molecule has 2 aliphatic rings. The summed E-state index contributed by atoms with van der Waals surface area (Å²) in [5.41, 5.74) is 5.94. The summed E-state index contributed by atoms with van der Waals surface area (Å²) in [6.45, 7) is 8.04. The van der Waals surface area contributed by atoms with Crippen molar-refractivity contribution in [3.05, 3.63) is 0 Å². The van der Waals surface area contributed by atoms with Gasteiger partial charge in [0.15, 0.2) is 0 Å². The summed E-state index contributed by atoms with van der Waals surface area (Å²) in [5.74, 6) is 0.286. The average Bonchev–Trinajstić information content (AvgIpc) is 3.15. The van der Waals surface area contributed by atoms with Gasteiger partial charge >= 0.3 is 0 Å². The molecule has 2 saturated heterocycles. The van der Waals surface area contributed by atoms with Crippen LogP contribution in [0.4, 0.5) is 0 Å². The first-order chi connectivity index (χ1) is 10.2. The topological polar surface area (TPSA) is 52.8 Å². The monoisotopic (exact) mass is 296 g/mol. The fourth-order valence-corrected chi connectivity index (χ4v) is 3.72. The van der Waals surface area contributed by atoms with Crippen LogP contribution in [0, 0.1) is 0 Å². The van der Waals surface area contributed by atoms with Gasteiger partial charge in [-0.15, -0.1) is 0 Å². The highest BCUT2D eigenvalue weighted by Crippen LogP contribution is 2.19. The molecule has 5 nitrogen and oxygen atoms in total. The van der Waals surface area contributed by atoms with Gasteiger partial charge in [-0.1, -0.05) is 6.92 Å². The van der Waals surface area contributed by atoms with Crippen LogP contribution in [0.2, 0.25) is 0 Å². The molecule has 2 rings (SSSR count). The maximum Gasteiger partial charge on any atom is 0.224 e.